The van der Waals surface area contributed by atoms with Gasteiger partial charge < -0.3 is 0 Å². The number of aromatic nitrogens is 2. The number of aldehydes is 1. The van der Waals surface area contributed by atoms with Crippen LogP contribution in [0.1, 0.15) is 10.4 Å². The van der Waals surface area contributed by atoms with Crippen LogP contribution in [0.15, 0.2) is 36.7 Å². The molecule has 0 amide bonds. The maximum atomic E-state index is 10.5. The number of hydrogen-bond donors (Lipinski definition) is 0. The van der Waals surface area contributed by atoms with Crippen molar-refractivity contribution < 1.29 is 4.79 Å². The summed E-state index contributed by atoms with van der Waals surface area (Å²) in [6.45, 7) is 0. The first-order valence-corrected chi connectivity index (χ1v) is 5.14. The molecule has 1 aromatic carbocycles. The van der Waals surface area contributed by atoms with Crippen LogP contribution in [0.4, 0.5) is 0 Å². The van der Waals surface area contributed by atoms with Crippen LogP contribution < -0.4 is 0 Å². The molecule has 0 N–H and O–H groups in total. The molecule has 1 heterocycles. The van der Waals surface area contributed by atoms with E-state index in [9.17, 15) is 4.79 Å². The molecule has 0 aliphatic heterocycles. The minimum atomic E-state index is 0.588. The van der Waals surface area contributed by atoms with Crippen LogP contribution in [0, 0.1) is 3.57 Å². The number of halogens is 1. The number of hydrogen-bond acceptors (Lipinski definition) is 2. The van der Waals surface area contributed by atoms with Crippen molar-refractivity contribution in [1.29, 1.82) is 0 Å². The van der Waals surface area contributed by atoms with Gasteiger partial charge in [-0.25, -0.2) is 4.68 Å². The summed E-state index contributed by atoms with van der Waals surface area (Å²) in [4.78, 5) is 10.5. The zero-order chi connectivity index (χ0) is 9.97. The van der Waals surface area contributed by atoms with Gasteiger partial charge in [-0.3, -0.25) is 4.79 Å². The van der Waals surface area contributed by atoms with Crippen molar-refractivity contribution in [1.82, 2.24) is 9.78 Å². The summed E-state index contributed by atoms with van der Waals surface area (Å²) >= 11 is 2.24. The Morgan fingerprint density at radius 1 is 1.36 bits per heavy atom. The largest absolute Gasteiger partial charge is 0.298 e. The topological polar surface area (TPSA) is 34.9 Å². The Bertz CT molecular complexity index is 465. The third-order valence-electron chi connectivity index (χ3n) is 1.84. The highest BCUT2D eigenvalue weighted by Gasteiger charge is 2.02. The number of nitrogens with zero attached hydrogens (tertiary/aromatic N) is 2. The van der Waals surface area contributed by atoms with Crippen molar-refractivity contribution >= 4 is 28.9 Å². The van der Waals surface area contributed by atoms with Gasteiger partial charge in [-0.15, -0.1) is 0 Å². The van der Waals surface area contributed by atoms with Crippen molar-refractivity contribution in [3.8, 4) is 5.69 Å². The molecule has 1 aromatic heterocycles. The standard InChI is InChI=1S/C10H7IN2O/c11-9-3-1-2-4-10(9)13-6-8(7-14)5-12-13/h1-7H. The van der Waals surface area contributed by atoms with Gasteiger partial charge in [-0.1, -0.05) is 12.1 Å². The van der Waals surface area contributed by atoms with E-state index in [1.165, 1.54) is 0 Å². The van der Waals surface area contributed by atoms with E-state index >= 15 is 0 Å². The normalized spacial score (nSPS) is 10.1. The van der Waals surface area contributed by atoms with Crippen molar-refractivity contribution in [3.05, 3.63) is 45.8 Å². The van der Waals surface area contributed by atoms with E-state index in [0.717, 1.165) is 15.5 Å². The molecule has 3 nitrogen and oxygen atoms in total. The lowest BCUT2D eigenvalue weighted by atomic mass is 10.3. The smallest absolute Gasteiger partial charge is 0.153 e. The van der Waals surface area contributed by atoms with Crippen molar-refractivity contribution in [2.75, 3.05) is 0 Å². The van der Waals surface area contributed by atoms with E-state index < -0.39 is 0 Å². The maximum Gasteiger partial charge on any atom is 0.153 e. The molecule has 0 atom stereocenters. The van der Waals surface area contributed by atoms with E-state index in [4.69, 9.17) is 0 Å². The third-order valence-corrected chi connectivity index (χ3v) is 2.75. The predicted molar refractivity (Wildman–Crippen MR) is 61.7 cm³/mol. The molecule has 0 unspecified atom stereocenters. The van der Waals surface area contributed by atoms with Crippen molar-refractivity contribution in [2.45, 2.75) is 0 Å². The quantitative estimate of drug-likeness (QED) is 0.630. The summed E-state index contributed by atoms with van der Waals surface area (Å²) in [6, 6.07) is 7.87. The fourth-order valence-corrected chi connectivity index (χ4v) is 1.80. The molecule has 0 radical (unpaired) electrons. The second-order valence-corrected chi connectivity index (χ2v) is 3.95. The number of carbonyl (C=O) groups excluding carboxylic acids is 1. The molecule has 0 bridgehead atoms. The molecule has 0 aliphatic rings. The second-order valence-electron chi connectivity index (χ2n) is 2.79. The van der Waals surface area contributed by atoms with Crippen LogP contribution in [0.5, 0.6) is 0 Å². The van der Waals surface area contributed by atoms with Crippen LogP contribution in [0.2, 0.25) is 0 Å². The fourth-order valence-electron chi connectivity index (χ4n) is 1.17. The number of rotatable bonds is 2. The molecule has 0 spiro atoms. The molecule has 14 heavy (non-hydrogen) atoms. The first-order valence-electron chi connectivity index (χ1n) is 4.06. The van der Waals surface area contributed by atoms with Gasteiger partial charge in [0, 0.05) is 9.77 Å². The van der Waals surface area contributed by atoms with E-state index in [2.05, 4.69) is 27.7 Å². The van der Waals surface area contributed by atoms with E-state index in [-0.39, 0.29) is 0 Å². The van der Waals surface area contributed by atoms with Gasteiger partial charge in [-0.2, -0.15) is 5.10 Å². The van der Waals surface area contributed by atoms with Crippen molar-refractivity contribution in [3.63, 3.8) is 0 Å². The molecule has 4 heteroatoms. The number of carbonyl (C=O) groups is 1. The summed E-state index contributed by atoms with van der Waals surface area (Å²) < 4.78 is 2.80. The Kier molecular flexibility index (Phi) is 2.62. The monoisotopic (exact) mass is 298 g/mol. The molecule has 0 saturated carbocycles. The molecular formula is C10H7IN2O. The maximum absolute atomic E-state index is 10.5. The lowest BCUT2D eigenvalue weighted by molar-refractivity contribution is 0.112. The van der Waals surface area contributed by atoms with E-state index in [1.807, 2.05) is 24.3 Å². The third kappa shape index (κ3) is 1.70. The lowest BCUT2D eigenvalue weighted by Gasteiger charge is -2.02. The first kappa shape index (κ1) is 9.39. The Hall–Kier alpha value is -1.17. The number of benzene rings is 1. The first-order chi connectivity index (χ1) is 6.81. The van der Waals surface area contributed by atoms with Crippen molar-refractivity contribution in [2.24, 2.45) is 0 Å². The van der Waals surface area contributed by atoms with Crippen LogP contribution in [-0.2, 0) is 0 Å². The Morgan fingerprint density at radius 3 is 2.79 bits per heavy atom. The molecule has 0 fully saturated rings. The molecular weight excluding hydrogens is 291 g/mol. The summed E-state index contributed by atoms with van der Waals surface area (Å²) in [7, 11) is 0. The molecule has 0 aliphatic carbocycles. The summed E-state index contributed by atoms with van der Waals surface area (Å²) in [6.07, 6.45) is 4.06. The van der Waals surface area contributed by atoms with Crippen LogP contribution in [0.3, 0.4) is 0 Å². The van der Waals surface area contributed by atoms with E-state index in [1.54, 1.807) is 17.1 Å². The highest BCUT2D eigenvalue weighted by atomic mass is 127. The zero-order valence-electron chi connectivity index (χ0n) is 7.22. The molecule has 70 valence electrons. The molecule has 2 rings (SSSR count). The fraction of sp³-hybridized carbons (Fsp3) is 0. The van der Waals surface area contributed by atoms with Crippen LogP contribution >= 0.6 is 22.6 Å². The van der Waals surface area contributed by atoms with Gasteiger partial charge in [0.05, 0.1) is 17.4 Å². The predicted octanol–water partition coefficient (Wildman–Crippen LogP) is 2.29. The SMILES string of the molecule is O=Cc1cnn(-c2ccccc2I)c1. The van der Waals surface area contributed by atoms with Crippen LogP contribution in [-0.4, -0.2) is 16.1 Å². The summed E-state index contributed by atoms with van der Waals surface area (Å²) in [5, 5.41) is 4.10. The minimum Gasteiger partial charge on any atom is -0.298 e. The van der Waals surface area contributed by atoms with Gasteiger partial charge in [0.25, 0.3) is 0 Å². The van der Waals surface area contributed by atoms with Gasteiger partial charge in [-0.05, 0) is 34.7 Å². The van der Waals surface area contributed by atoms with Gasteiger partial charge in [0.15, 0.2) is 6.29 Å². The summed E-state index contributed by atoms with van der Waals surface area (Å²) in [5.41, 5.74) is 1.57. The van der Waals surface area contributed by atoms with Gasteiger partial charge in [0.2, 0.25) is 0 Å². The van der Waals surface area contributed by atoms with Crippen LogP contribution in [0.25, 0.3) is 5.69 Å². The average Bonchev–Trinajstić information content (AvgIpc) is 2.67. The highest BCUT2D eigenvalue weighted by molar-refractivity contribution is 14.1. The molecule has 0 saturated heterocycles. The average molecular weight is 298 g/mol. The minimum absolute atomic E-state index is 0.588. The molecule has 2 aromatic rings. The van der Waals surface area contributed by atoms with E-state index in [0.29, 0.717) is 5.56 Å². The zero-order valence-corrected chi connectivity index (χ0v) is 9.38. The second kappa shape index (κ2) is 3.91. The Morgan fingerprint density at radius 2 is 2.14 bits per heavy atom. The lowest BCUT2D eigenvalue weighted by Crippen LogP contribution is -1.96. The summed E-state index contributed by atoms with van der Waals surface area (Å²) in [5.74, 6) is 0. The Balaban J connectivity index is 2.49. The highest BCUT2D eigenvalue weighted by Crippen LogP contribution is 2.15. The number of para-hydroxylation sites is 1. The Labute approximate surface area is 94.9 Å². The van der Waals surface area contributed by atoms with Gasteiger partial charge in [0.1, 0.15) is 0 Å². The van der Waals surface area contributed by atoms with Gasteiger partial charge >= 0.3 is 0 Å².